The van der Waals surface area contributed by atoms with Crippen LogP contribution in [0.5, 0.6) is 5.75 Å². The second-order valence-corrected chi connectivity index (χ2v) is 2.57. The predicted octanol–water partition coefficient (Wildman–Crippen LogP) is 1.80. The van der Waals surface area contributed by atoms with Gasteiger partial charge in [0, 0.05) is 12.1 Å². The summed E-state index contributed by atoms with van der Waals surface area (Å²) in [7, 11) is 1.33. The molecule has 72 valence electrons. The summed E-state index contributed by atoms with van der Waals surface area (Å²) < 4.78 is 31.0. The molecule has 0 aliphatic heterocycles. The molecule has 1 unspecified atom stereocenters. The molecule has 0 fully saturated rings. The lowest BCUT2D eigenvalue weighted by atomic mass is 10.1. The van der Waals surface area contributed by atoms with Gasteiger partial charge >= 0.3 is 0 Å². The van der Waals surface area contributed by atoms with E-state index in [4.69, 9.17) is 10.5 Å². The maximum Gasteiger partial charge on any atom is 0.171 e. The van der Waals surface area contributed by atoms with Crippen molar-refractivity contribution < 1.29 is 13.5 Å². The van der Waals surface area contributed by atoms with Crippen LogP contribution in [-0.4, -0.2) is 13.7 Å². The molecule has 0 saturated carbocycles. The van der Waals surface area contributed by atoms with E-state index in [2.05, 4.69) is 0 Å². The molecule has 0 radical (unpaired) electrons. The van der Waals surface area contributed by atoms with E-state index in [1.165, 1.54) is 25.3 Å². The number of methoxy groups -OCH3 is 1. The van der Waals surface area contributed by atoms with E-state index in [-0.39, 0.29) is 17.9 Å². The SMILES string of the molecule is COc1cccc(C(F)CN)c1F. The summed E-state index contributed by atoms with van der Waals surface area (Å²) in [5, 5.41) is 0. The molecular formula is C9H11F2NO. The Balaban J connectivity index is 3.08. The summed E-state index contributed by atoms with van der Waals surface area (Å²) >= 11 is 0. The fourth-order valence-electron chi connectivity index (χ4n) is 1.05. The molecule has 0 aromatic heterocycles. The zero-order valence-corrected chi connectivity index (χ0v) is 7.26. The van der Waals surface area contributed by atoms with Crippen LogP contribution in [0.4, 0.5) is 8.78 Å². The molecule has 2 nitrogen and oxygen atoms in total. The maximum atomic E-state index is 13.3. The van der Waals surface area contributed by atoms with Crippen LogP contribution in [0.2, 0.25) is 0 Å². The Kier molecular flexibility index (Phi) is 3.19. The summed E-state index contributed by atoms with van der Waals surface area (Å²) in [6.07, 6.45) is -1.48. The first-order valence-corrected chi connectivity index (χ1v) is 3.87. The Morgan fingerprint density at radius 1 is 1.54 bits per heavy atom. The smallest absolute Gasteiger partial charge is 0.171 e. The molecule has 2 N–H and O–H groups in total. The van der Waals surface area contributed by atoms with Crippen LogP contribution in [0.3, 0.4) is 0 Å². The molecule has 4 heteroatoms. The van der Waals surface area contributed by atoms with Crippen LogP contribution in [0.25, 0.3) is 0 Å². The van der Waals surface area contributed by atoms with E-state index in [0.29, 0.717) is 0 Å². The minimum atomic E-state index is -1.48. The van der Waals surface area contributed by atoms with Gasteiger partial charge in [-0.3, -0.25) is 0 Å². The normalized spacial score (nSPS) is 12.6. The Bertz CT molecular complexity index is 291. The summed E-state index contributed by atoms with van der Waals surface area (Å²) in [5.74, 6) is -0.642. The highest BCUT2D eigenvalue weighted by Gasteiger charge is 2.15. The highest BCUT2D eigenvalue weighted by molar-refractivity contribution is 5.32. The number of hydrogen-bond donors (Lipinski definition) is 1. The zero-order valence-electron chi connectivity index (χ0n) is 7.26. The molecule has 13 heavy (non-hydrogen) atoms. The second kappa shape index (κ2) is 4.18. The molecule has 0 aliphatic carbocycles. The van der Waals surface area contributed by atoms with Crippen molar-refractivity contribution in [3.63, 3.8) is 0 Å². The van der Waals surface area contributed by atoms with Crippen molar-refractivity contribution >= 4 is 0 Å². The van der Waals surface area contributed by atoms with E-state index in [1.54, 1.807) is 0 Å². The van der Waals surface area contributed by atoms with Gasteiger partial charge in [-0.1, -0.05) is 12.1 Å². The molecule has 1 rings (SSSR count). The lowest BCUT2D eigenvalue weighted by Crippen LogP contribution is -2.09. The molecule has 0 aliphatic rings. The largest absolute Gasteiger partial charge is 0.494 e. The van der Waals surface area contributed by atoms with E-state index in [0.717, 1.165) is 0 Å². The van der Waals surface area contributed by atoms with Gasteiger partial charge in [-0.2, -0.15) is 0 Å². The van der Waals surface area contributed by atoms with Crippen molar-refractivity contribution in [2.75, 3.05) is 13.7 Å². The van der Waals surface area contributed by atoms with Crippen LogP contribution in [0.1, 0.15) is 11.7 Å². The van der Waals surface area contributed by atoms with Crippen LogP contribution >= 0.6 is 0 Å². The van der Waals surface area contributed by atoms with Crippen molar-refractivity contribution in [1.29, 1.82) is 0 Å². The predicted molar refractivity (Wildman–Crippen MR) is 45.9 cm³/mol. The van der Waals surface area contributed by atoms with Gasteiger partial charge in [0.1, 0.15) is 6.17 Å². The molecular weight excluding hydrogens is 176 g/mol. The quantitative estimate of drug-likeness (QED) is 0.783. The number of halogens is 2. The number of rotatable bonds is 3. The van der Waals surface area contributed by atoms with Crippen LogP contribution in [-0.2, 0) is 0 Å². The molecule has 1 atom stereocenters. The minimum Gasteiger partial charge on any atom is -0.494 e. The highest BCUT2D eigenvalue weighted by Crippen LogP contribution is 2.26. The molecule has 0 heterocycles. The van der Waals surface area contributed by atoms with Crippen molar-refractivity contribution in [3.8, 4) is 5.75 Å². The Morgan fingerprint density at radius 2 is 2.23 bits per heavy atom. The number of nitrogens with two attached hydrogens (primary N) is 1. The van der Waals surface area contributed by atoms with Gasteiger partial charge in [-0.25, -0.2) is 8.78 Å². The lowest BCUT2D eigenvalue weighted by molar-refractivity contribution is 0.329. The van der Waals surface area contributed by atoms with E-state index < -0.39 is 12.0 Å². The first-order chi connectivity index (χ1) is 6.20. The van der Waals surface area contributed by atoms with Gasteiger partial charge < -0.3 is 10.5 Å². The second-order valence-electron chi connectivity index (χ2n) is 2.57. The summed E-state index contributed by atoms with van der Waals surface area (Å²) in [6, 6.07) is 4.32. The minimum absolute atomic E-state index is 0.0357. The van der Waals surface area contributed by atoms with Crippen molar-refractivity contribution in [1.82, 2.24) is 0 Å². The topological polar surface area (TPSA) is 35.2 Å². The molecule has 1 aromatic carbocycles. The molecule has 0 saturated heterocycles. The summed E-state index contributed by atoms with van der Waals surface area (Å²) in [5.41, 5.74) is 5.03. The highest BCUT2D eigenvalue weighted by atomic mass is 19.1. The third-order valence-corrected chi connectivity index (χ3v) is 1.76. The Labute approximate surface area is 75.3 Å². The van der Waals surface area contributed by atoms with Crippen LogP contribution in [0.15, 0.2) is 18.2 Å². The number of hydrogen-bond acceptors (Lipinski definition) is 2. The summed E-state index contributed by atoms with van der Waals surface area (Å²) in [6.45, 7) is -0.232. The number of alkyl halides is 1. The summed E-state index contributed by atoms with van der Waals surface area (Å²) in [4.78, 5) is 0. The van der Waals surface area contributed by atoms with E-state index in [9.17, 15) is 8.78 Å². The first kappa shape index (κ1) is 9.92. The fraction of sp³-hybridized carbons (Fsp3) is 0.333. The van der Waals surface area contributed by atoms with Gasteiger partial charge in [-0.15, -0.1) is 0 Å². The van der Waals surface area contributed by atoms with Gasteiger partial charge in [0.05, 0.1) is 7.11 Å². The van der Waals surface area contributed by atoms with Crippen molar-refractivity contribution in [2.45, 2.75) is 6.17 Å². The molecule has 1 aromatic rings. The first-order valence-electron chi connectivity index (χ1n) is 3.87. The van der Waals surface area contributed by atoms with Gasteiger partial charge in [0.2, 0.25) is 0 Å². The number of benzene rings is 1. The Hall–Kier alpha value is -1.16. The van der Waals surface area contributed by atoms with Gasteiger partial charge in [0.25, 0.3) is 0 Å². The molecule has 0 bridgehead atoms. The van der Waals surface area contributed by atoms with Crippen molar-refractivity contribution in [3.05, 3.63) is 29.6 Å². The maximum absolute atomic E-state index is 13.3. The standard InChI is InChI=1S/C9H11F2NO/c1-13-8-4-2-3-6(9(8)11)7(10)5-12/h2-4,7H,5,12H2,1H3. The van der Waals surface area contributed by atoms with Gasteiger partial charge in [-0.05, 0) is 6.07 Å². The van der Waals surface area contributed by atoms with E-state index >= 15 is 0 Å². The van der Waals surface area contributed by atoms with Crippen LogP contribution < -0.4 is 10.5 Å². The number of ether oxygens (including phenoxy) is 1. The molecule has 0 spiro atoms. The van der Waals surface area contributed by atoms with Gasteiger partial charge in [0.15, 0.2) is 11.6 Å². The monoisotopic (exact) mass is 187 g/mol. The van der Waals surface area contributed by atoms with E-state index in [1.807, 2.05) is 0 Å². The molecule has 0 amide bonds. The Morgan fingerprint density at radius 3 is 2.77 bits per heavy atom. The fourth-order valence-corrected chi connectivity index (χ4v) is 1.05. The lowest BCUT2D eigenvalue weighted by Gasteiger charge is -2.09. The zero-order chi connectivity index (χ0) is 9.84. The average molecular weight is 187 g/mol. The van der Waals surface area contributed by atoms with Crippen molar-refractivity contribution in [2.24, 2.45) is 5.73 Å². The van der Waals surface area contributed by atoms with Crippen LogP contribution in [0, 0.1) is 5.82 Å². The average Bonchev–Trinajstić information content (AvgIpc) is 2.17. The third-order valence-electron chi connectivity index (χ3n) is 1.76. The third kappa shape index (κ3) is 1.95.